The highest BCUT2D eigenvalue weighted by Gasteiger charge is 2.68. The number of likely N-dealkylation sites (N-methyl/N-ethyl adjacent to an activating group) is 2. The number of phenolic OH excluding ortho intramolecular Hbond substituents is 2. The van der Waals surface area contributed by atoms with E-state index in [1.165, 1.54) is 28.2 Å². The zero-order valence-electron chi connectivity index (χ0n) is 38.5. The number of rotatable bonds is 17. The third-order valence-electron chi connectivity index (χ3n) is 12.4. The predicted molar refractivity (Wildman–Crippen MR) is 278 cm³/mol. The molecule has 2 aromatic heterocycles. The van der Waals surface area contributed by atoms with Crippen LogP contribution >= 0.6 is 76.7 Å². The first kappa shape index (κ1) is 64.2. The molecule has 0 aliphatic heterocycles. The smallest absolute Gasteiger partial charge is 0.395 e. The van der Waals surface area contributed by atoms with Crippen molar-refractivity contribution >= 4 is 88.5 Å². The molecule has 67 heavy (non-hydrogen) atoms. The number of carbonyl (C=O) groups is 2. The fraction of sp³-hybridized carbons (Fsp3) is 0.522. The van der Waals surface area contributed by atoms with Crippen LogP contribution in [0.1, 0.15) is 82.4 Å². The maximum atomic E-state index is 13.8. The quantitative estimate of drug-likeness (QED) is 0.0659. The minimum atomic E-state index is -4.32. The zero-order chi connectivity index (χ0) is 46.9. The van der Waals surface area contributed by atoms with Crippen LogP contribution in [-0.4, -0.2) is 103 Å². The average molecular weight is 1060 g/mol. The third kappa shape index (κ3) is 17.6. The van der Waals surface area contributed by atoms with Crippen LogP contribution in [0.25, 0.3) is 0 Å². The maximum Gasteiger partial charge on any atom is 0.395 e. The molecule has 380 valence electrons. The van der Waals surface area contributed by atoms with E-state index in [0.29, 0.717) is 41.1 Å². The topological polar surface area (TPSA) is 139 Å². The lowest BCUT2D eigenvalue weighted by molar-refractivity contribution is -0.195. The van der Waals surface area contributed by atoms with Crippen LogP contribution in [0, 0.1) is 24.7 Å². The minimum Gasteiger partial charge on any atom is -0.508 e. The number of carbonyl (C=O) groups excluding carboxylic acids is 1. The van der Waals surface area contributed by atoms with Crippen LogP contribution in [0.15, 0.2) is 71.4 Å². The van der Waals surface area contributed by atoms with Crippen molar-refractivity contribution in [3.63, 3.8) is 0 Å². The molecule has 0 radical (unpaired) electrons. The number of halogens is 6. The average Bonchev–Trinajstić information content (AvgIpc) is 4.06. The Balaban J connectivity index is 0.00000103. The summed E-state index contributed by atoms with van der Waals surface area (Å²) in [5.41, 5.74) is 6.50. The second-order valence-electron chi connectivity index (χ2n) is 17.2. The summed E-state index contributed by atoms with van der Waals surface area (Å²) < 4.78 is 80.3. The first-order valence-electron chi connectivity index (χ1n) is 20.7. The van der Waals surface area contributed by atoms with Crippen molar-refractivity contribution in [2.75, 3.05) is 41.3 Å². The van der Waals surface area contributed by atoms with Gasteiger partial charge in [-0.1, -0.05) is 24.3 Å². The second-order valence-corrected chi connectivity index (χ2v) is 19.1. The lowest BCUT2D eigenvalue weighted by Crippen LogP contribution is -2.42. The molecule has 2 saturated carbocycles. The predicted octanol–water partition coefficient (Wildman–Crippen LogP) is 10.1. The van der Waals surface area contributed by atoms with Crippen LogP contribution in [0.5, 0.6) is 11.5 Å². The fourth-order valence-corrected chi connectivity index (χ4v) is 9.84. The van der Waals surface area contributed by atoms with Crippen LogP contribution in [0.3, 0.4) is 0 Å². The van der Waals surface area contributed by atoms with E-state index < -0.39 is 47.4 Å². The summed E-state index contributed by atoms with van der Waals surface area (Å²) in [5, 5.41) is 34.0. The Bertz CT molecular complexity index is 2080. The van der Waals surface area contributed by atoms with Gasteiger partial charge in [0.05, 0.1) is 17.3 Å². The number of carboxylic acids is 1. The summed E-state index contributed by atoms with van der Waals surface area (Å²) in [6, 6.07) is 17.7. The summed E-state index contributed by atoms with van der Waals surface area (Å²) >= 11 is 2.47. The molecule has 2 aliphatic rings. The van der Waals surface area contributed by atoms with Gasteiger partial charge in [0.15, 0.2) is 0 Å². The number of carboxylic acid groups (broad SMARTS) is 1. The van der Waals surface area contributed by atoms with Crippen molar-refractivity contribution in [1.29, 1.82) is 0 Å². The summed E-state index contributed by atoms with van der Waals surface area (Å²) in [4.78, 5) is 28.7. The van der Waals surface area contributed by atoms with Gasteiger partial charge in [-0.2, -0.15) is 80.3 Å². The number of aryl methyl sites for hydroxylation is 2. The van der Waals surface area contributed by atoms with E-state index in [9.17, 15) is 46.1 Å². The molecule has 4 aromatic rings. The molecule has 2 fully saturated rings. The Kier molecular flexibility index (Phi) is 26.4. The fourth-order valence-electron chi connectivity index (χ4n) is 7.95. The van der Waals surface area contributed by atoms with Crippen molar-refractivity contribution in [3.8, 4) is 11.5 Å². The monoisotopic (exact) mass is 1060 g/mol. The molecule has 0 saturated heterocycles. The van der Waals surface area contributed by atoms with Gasteiger partial charge in [-0.25, -0.2) is 0 Å². The number of phenols is 2. The Morgan fingerprint density at radius 2 is 1.07 bits per heavy atom. The van der Waals surface area contributed by atoms with Crippen LogP contribution in [0.4, 0.5) is 26.3 Å². The van der Waals surface area contributed by atoms with E-state index in [1.54, 1.807) is 59.3 Å². The number of aliphatic carboxylic acids is 1. The summed E-state index contributed by atoms with van der Waals surface area (Å²) in [7, 11) is 7.88. The van der Waals surface area contributed by atoms with E-state index in [4.69, 9.17) is 10.8 Å². The molecule has 2 aromatic carbocycles. The molecule has 4 atom stereocenters. The summed E-state index contributed by atoms with van der Waals surface area (Å²) in [6.07, 6.45) is -7.46. The summed E-state index contributed by atoms with van der Waals surface area (Å²) in [6.45, 7) is 4.91. The normalized spacial score (nSPS) is 16.0. The lowest BCUT2D eigenvalue weighted by atomic mass is 9.84. The molecular formula is C46H68F6N4O5S6. The largest absolute Gasteiger partial charge is 0.508 e. The highest BCUT2D eigenvalue weighted by atomic mass is 32.1. The number of benzene rings is 2. The van der Waals surface area contributed by atoms with E-state index in [0.717, 1.165) is 23.1 Å². The van der Waals surface area contributed by atoms with Crippen molar-refractivity contribution < 1.29 is 51.3 Å². The molecule has 1 amide bonds. The number of nitrogens with zero attached hydrogens (tertiary/aromatic N) is 2. The summed E-state index contributed by atoms with van der Waals surface area (Å²) in [5.74, 6) is -2.80. The number of aromatic hydroxyl groups is 2. The molecule has 2 heterocycles. The molecule has 0 bridgehead atoms. The van der Waals surface area contributed by atoms with Gasteiger partial charge in [0.2, 0.25) is 5.91 Å². The van der Waals surface area contributed by atoms with Gasteiger partial charge in [0.1, 0.15) is 11.5 Å². The molecule has 0 spiro atoms. The van der Waals surface area contributed by atoms with Gasteiger partial charge in [-0.05, 0) is 150 Å². The van der Waals surface area contributed by atoms with Gasteiger partial charge in [-0.15, -0.1) is 22.7 Å². The number of hydrogen-bond donors (Lipinski definition) is 5. The number of alkyl halides is 6. The van der Waals surface area contributed by atoms with Gasteiger partial charge < -0.3 is 36.2 Å². The molecule has 0 unspecified atom stereocenters. The maximum absolute atomic E-state index is 13.8. The van der Waals surface area contributed by atoms with E-state index in [1.807, 2.05) is 59.1 Å². The van der Waals surface area contributed by atoms with Crippen molar-refractivity contribution in [1.82, 2.24) is 15.1 Å². The van der Waals surface area contributed by atoms with E-state index in [-0.39, 0.29) is 104 Å². The Morgan fingerprint density at radius 1 is 0.687 bits per heavy atom. The number of nitrogens with two attached hydrogens (primary N) is 1. The molecule has 6 rings (SSSR count). The molecule has 9 nitrogen and oxygen atoms in total. The standard InChI is InChI=1S/C23H29F3N2O2S.C12H20N2O.C11H11F3O2S.4H2S/c1-15-11-18(29)7-6-16(15)12-17(28(2)3)14-27-21(30)13-19(20-5-4-10-31-20)22(8-9-22)23(24,25)26;1-9-6-12(15)5-4-10(9)7-11(8-13)14(2)3;12-11(13,14)10(3-4-10)7(6-9(15)16)8-2-1-5-17-8;;;;/h4-7,10-11,17,19,29H,8-9,12-14H2,1-3H3,(H,27,30);4-6,11,15H,7-8,13H2,1-3H3;1-2,5,7H,3-4,6H2,(H,15,16);4*1H2/t17-,19+;11-;7-;;;;/m001..../s1. The number of nitrogens with one attached hydrogen (secondary N) is 1. The Morgan fingerprint density at radius 3 is 1.37 bits per heavy atom. The van der Waals surface area contributed by atoms with Gasteiger partial charge in [-0.3, -0.25) is 9.59 Å². The van der Waals surface area contributed by atoms with Gasteiger partial charge in [0, 0.05) is 53.2 Å². The number of hydrogen-bond acceptors (Lipinski definition) is 9. The highest BCUT2D eigenvalue weighted by molar-refractivity contribution is 7.59. The Labute approximate surface area is 426 Å². The first-order valence-corrected chi connectivity index (χ1v) is 22.5. The van der Waals surface area contributed by atoms with Crippen LogP contribution in [-0.2, 0) is 22.4 Å². The first-order chi connectivity index (χ1) is 29.4. The Hall–Kier alpha value is -2.76. The van der Waals surface area contributed by atoms with Crippen LogP contribution < -0.4 is 11.1 Å². The van der Waals surface area contributed by atoms with Crippen LogP contribution in [0.2, 0.25) is 0 Å². The van der Waals surface area contributed by atoms with E-state index in [2.05, 4.69) is 10.2 Å². The molecule has 6 N–H and O–H groups in total. The highest BCUT2D eigenvalue weighted by Crippen LogP contribution is 2.67. The van der Waals surface area contributed by atoms with Gasteiger partial charge >= 0.3 is 18.3 Å². The van der Waals surface area contributed by atoms with Crippen molar-refractivity contribution in [2.24, 2.45) is 16.6 Å². The van der Waals surface area contributed by atoms with Gasteiger partial charge in [0.25, 0.3) is 0 Å². The molecular weight excluding hydrogens is 995 g/mol. The van der Waals surface area contributed by atoms with Crippen molar-refractivity contribution in [3.05, 3.63) is 103 Å². The SMILES string of the molecule is Cc1cc(O)ccc1C[C@@H](CN)N(C)C.Cc1cc(O)ccc1C[C@@H](CNC(=O)C[C@H](c1cccs1)C1(C(F)(F)F)CC1)N(C)C.O=C(O)C[C@H](c1cccs1)C1(C(F)(F)F)CC1.S.S.S.S. The molecule has 2 aliphatic carbocycles. The van der Waals surface area contributed by atoms with E-state index >= 15 is 0 Å². The molecule has 21 heteroatoms. The minimum absolute atomic E-state index is 0. The van der Waals surface area contributed by atoms with Crippen molar-refractivity contribution in [2.45, 2.75) is 101 Å². The second kappa shape index (κ2) is 27.6. The zero-order valence-corrected chi connectivity index (χ0v) is 44.2. The third-order valence-corrected chi connectivity index (χ3v) is 14.4. The number of thiophene rings is 2. The number of amides is 1. The lowest BCUT2D eigenvalue weighted by Gasteiger charge is -2.29.